The number of rotatable bonds is 4. The third-order valence-electron chi connectivity index (χ3n) is 5.16. The summed E-state index contributed by atoms with van der Waals surface area (Å²) in [6.07, 6.45) is 4.02. The highest BCUT2D eigenvalue weighted by molar-refractivity contribution is 7.18. The van der Waals surface area contributed by atoms with Gasteiger partial charge in [0, 0.05) is 7.05 Å². The first-order chi connectivity index (χ1) is 12.1. The quantitative estimate of drug-likeness (QED) is 0.692. The third-order valence-corrected chi connectivity index (χ3v) is 6.37. The minimum atomic E-state index is -0.0145. The van der Waals surface area contributed by atoms with Crippen LogP contribution in [0.1, 0.15) is 41.1 Å². The molecule has 0 radical (unpaired) electrons. The van der Waals surface area contributed by atoms with Gasteiger partial charge in [0.15, 0.2) is 0 Å². The molecule has 1 aliphatic rings. The highest BCUT2D eigenvalue weighted by atomic mass is 32.1. The smallest absolute Gasteiger partial charge is 0.227 e. The van der Waals surface area contributed by atoms with Crippen LogP contribution in [0.15, 0.2) is 42.5 Å². The fraction of sp³-hybridized carbons (Fsp3) is 0.333. The minimum Gasteiger partial charge on any atom is -0.336 e. The van der Waals surface area contributed by atoms with Gasteiger partial charge in [-0.1, -0.05) is 30.3 Å². The molecule has 0 bridgehead atoms. The zero-order chi connectivity index (χ0) is 17.4. The molecule has 3 aromatic rings. The van der Waals surface area contributed by atoms with Crippen molar-refractivity contribution in [3.63, 3.8) is 0 Å². The summed E-state index contributed by atoms with van der Waals surface area (Å²) in [7, 11) is 1.88. The number of fused-ring (bicyclic) bond motifs is 2. The molecular formula is C21H22N2OS. The maximum Gasteiger partial charge on any atom is 0.227 e. The van der Waals surface area contributed by atoms with Gasteiger partial charge in [-0.25, -0.2) is 4.98 Å². The molecule has 25 heavy (non-hydrogen) atoms. The summed E-state index contributed by atoms with van der Waals surface area (Å²) in [5.41, 5.74) is 5.00. The summed E-state index contributed by atoms with van der Waals surface area (Å²) in [6.45, 7) is 2.05. The summed E-state index contributed by atoms with van der Waals surface area (Å²) in [4.78, 5) is 19.3. The Labute approximate surface area is 152 Å². The number of hydrogen-bond acceptors (Lipinski definition) is 3. The van der Waals surface area contributed by atoms with Crippen LogP contribution >= 0.6 is 11.3 Å². The minimum absolute atomic E-state index is 0.0145. The number of carbonyl (C=O) groups is 1. The van der Waals surface area contributed by atoms with Crippen LogP contribution in [-0.4, -0.2) is 22.8 Å². The molecule has 0 aliphatic heterocycles. The van der Waals surface area contributed by atoms with Crippen molar-refractivity contribution in [3.05, 3.63) is 64.2 Å². The second kappa shape index (κ2) is 6.60. The number of aryl methyl sites for hydroxylation is 2. The Hall–Kier alpha value is -2.20. The SMILES string of the molecule is C[C@@H](c1nc2ccccc2s1)N(C)C(=O)Cc1ccc2c(c1)CCC2. The van der Waals surface area contributed by atoms with Crippen LogP contribution in [0.25, 0.3) is 10.2 Å². The first-order valence-corrected chi connectivity index (χ1v) is 9.65. The van der Waals surface area contributed by atoms with Crippen LogP contribution in [0.5, 0.6) is 0 Å². The van der Waals surface area contributed by atoms with E-state index in [1.807, 2.05) is 30.1 Å². The van der Waals surface area contributed by atoms with Gasteiger partial charge in [0.1, 0.15) is 5.01 Å². The van der Waals surface area contributed by atoms with Gasteiger partial charge < -0.3 is 4.90 Å². The van der Waals surface area contributed by atoms with Gasteiger partial charge in [-0.3, -0.25) is 4.79 Å². The van der Waals surface area contributed by atoms with Crippen LogP contribution in [0.2, 0.25) is 0 Å². The molecular weight excluding hydrogens is 328 g/mol. The summed E-state index contributed by atoms with van der Waals surface area (Å²) in [5, 5.41) is 0.992. The first kappa shape index (κ1) is 16.3. The molecule has 0 N–H and O–H groups in total. The number of amides is 1. The van der Waals surface area contributed by atoms with Gasteiger partial charge in [-0.05, 0) is 55.0 Å². The number of aromatic nitrogens is 1. The third kappa shape index (κ3) is 3.19. The largest absolute Gasteiger partial charge is 0.336 e. The average molecular weight is 350 g/mol. The number of benzene rings is 2. The van der Waals surface area contributed by atoms with Gasteiger partial charge in [0.25, 0.3) is 0 Å². The summed E-state index contributed by atoms with van der Waals surface area (Å²) >= 11 is 1.67. The Morgan fingerprint density at radius 1 is 1.20 bits per heavy atom. The Kier molecular flexibility index (Phi) is 4.30. The van der Waals surface area contributed by atoms with E-state index in [0.29, 0.717) is 6.42 Å². The molecule has 0 saturated heterocycles. The second-order valence-corrected chi connectivity index (χ2v) is 7.90. The molecule has 1 atom stereocenters. The van der Waals surface area contributed by atoms with Crippen molar-refractivity contribution in [3.8, 4) is 0 Å². The van der Waals surface area contributed by atoms with Crippen LogP contribution < -0.4 is 0 Å². The first-order valence-electron chi connectivity index (χ1n) is 8.83. The number of likely N-dealkylation sites (N-methyl/N-ethyl adjacent to an activating group) is 1. The van der Waals surface area contributed by atoms with E-state index in [-0.39, 0.29) is 11.9 Å². The zero-order valence-corrected chi connectivity index (χ0v) is 15.5. The van der Waals surface area contributed by atoms with Crippen LogP contribution in [0.3, 0.4) is 0 Å². The lowest BCUT2D eigenvalue weighted by molar-refractivity contribution is -0.131. The number of para-hydroxylation sites is 1. The monoisotopic (exact) mass is 350 g/mol. The van der Waals surface area contributed by atoms with E-state index in [0.717, 1.165) is 22.5 Å². The van der Waals surface area contributed by atoms with Crippen molar-refractivity contribution in [2.75, 3.05) is 7.05 Å². The number of nitrogens with zero attached hydrogens (tertiary/aromatic N) is 2. The van der Waals surface area contributed by atoms with E-state index >= 15 is 0 Å². The van der Waals surface area contributed by atoms with Gasteiger partial charge in [-0.15, -0.1) is 11.3 Å². The molecule has 1 heterocycles. The molecule has 1 amide bonds. The summed E-state index contributed by atoms with van der Waals surface area (Å²) in [5.74, 6) is 0.143. The van der Waals surface area contributed by atoms with E-state index in [2.05, 4.69) is 31.2 Å². The molecule has 1 aliphatic carbocycles. The molecule has 1 aromatic heterocycles. The van der Waals surface area contributed by atoms with Crippen molar-refractivity contribution in [1.82, 2.24) is 9.88 Å². The Balaban J connectivity index is 1.49. The predicted molar refractivity (Wildman–Crippen MR) is 103 cm³/mol. The van der Waals surface area contributed by atoms with Crippen LogP contribution in [-0.2, 0) is 24.1 Å². The summed E-state index contributed by atoms with van der Waals surface area (Å²) in [6, 6.07) is 14.6. The summed E-state index contributed by atoms with van der Waals surface area (Å²) < 4.78 is 1.17. The molecule has 0 spiro atoms. The van der Waals surface area contributed by atoms with Crippen molar-refractivity contribution in [1.29, 1.82) is 0 Å². The van der Waals surface area contributed by atoms with Gasteiger partial charge >= 0.3 is 0 Å². The lowest BCUT2D eigenvalue weighted by Gasteiger charge is -2.23. The topological polar surface area (TPSA) is 33.2 Å². The molecule has 3 nitrogen and oxygen atoms in total. The number of carbonyl (C=O) groups excluding carboxylic acids is 1. The highest BCUT2D eigenvalue weighted by Gasteiger charge is 2.21. The Morgan fingerprint density at radius 2 is 2.00 bits per heavy atom. The zero-order valence-electron chi connectivity index (χ0n) is 14.7. The Bertz CT molecular complexity index is 898. The average Bonchev–Trinajstić information content (AvgIpc) is 3.26. The molecule has 4 rings (SSSR count). The fourth-order valence-corrected chi connectivity index (χ4v) is 4.55. The van der Waals surface area contributed by atoms with Crippen LogP contribution in [0.4, 0.5) is 0 Å². The predicted octanol–water partition coefficient (Wildman–Crippen LogP) is 4.55. The van der Waals surface area contributed by atoms with E-state index in [1.54, 1.807) is 11.3 Å². The molecule has 0 unspecified atom stereocenters. The van der Waals surface area contributed by atoms with E-state index in [4.69, 9.17) is 4.98 Å². The van der Waals surface area contributed by atoms with Gasteiger partial charge in [-0.2, -0.15) is 0 Å². The number of hydrogen-bond donors (Lipinski definition) is 0. The van der Waals surface area contributed by atoms with Crippen molar-refractivity contribution in [2.24, 2.45) is 0 Å². The maximum absolute atomic E-state index is 12.7. The normalized spacial score (nSPS) is 14.5. The molecule has 2 aromatic carbocycles. The Morgan fingerprint density at radius 3 is 2.84 bits per heavy atom. The molecule has 128 valence electrons. The second-order valence-electron chi connectivity index (χ2n) is 6.83. The lowest BCUT2D eigenvalue weighted by atomic mass is 10.0. The molecule has 0 saturated carbocycles. The highest BCUT2D eigenvalue weighted by Crippen LogP contribution is 2.29. The fourth-order valence-electron chi connectivity index (χ4n) is 3.48. The van der Waals surface area contributed by atoms with E-state index in [9.17, 15) is 4.79 Å². The van der Waals surface area contributed by atoms with Gasteiger partial charge in [0.05, 0.1) is 22.7 Å². The molecule has 0 fully saturated rings. The van der Waals surface area contributed by atoms with Gasteiger partial charge in [0.2, 0.25) is 5.91 Å². The van der Waals surface area contributed by atoms with Crippen molar-refractivity contribution in [2.45, 2.75) is 38.6 Å². The van der Waals surface area contributed by atoms with Crippen molar-refractivity contribution >= 4 is 27.5 Å². The van der Waals surface area contributed by atoms with Crippen molar-refractivity contribution < 1.29 is 4.79 Å². The van der Waals surface area contributed by atoms with E-state index in [1.165, 1.54) is 28.7 Å². The van der Waals surface area contributed by atoms with Crippen LogP contribution in [0, 0.1) is 0 Å². The molecule has 4 heteroatoms. The maximum atomic E-state index is 12.7. The lowest BCUT2D eigenvalue weighted by Crippen LogP contribution is -2.30. The van der Waals surface area contributed by atoms with E-state index < -0.39 is 0 Å². The number of thiazole rings is 1. The standard InChI is InChI=1S/C21H22N2OS/c1-14(21-22-18-8-3-4-9-19(18)25-21)23(2)20(24)13-15-10-11-16-6-5-7-17(16)12-15/h3-4,8-12,14H,5-7,13H2,1-2H3/t14-/m0/s1.